The molecule has 0 aromatic rings. The molecule has 0 bridgehead atoms. The van der Waals surface area contributed by atoms with Gasteiger partial charge in [0.25, 0.3) is 0 Å². The van der Waals surface area contributed by atoms with E-state index in [4.69, 9.17) is 0 Å². The van der Waals surface area contributed by atoms with E-state index in [1.807, 2.05) is 0 Å². The average Bonchev–Trinajstić information content (AvgIpc) is 2.37. The highest BCUT2D eigenvalue weighted by Gasteiger charge is 2.51. The molecular weight excluding hydrogens is 297 g/mol. The van der Waals surface area contributed by atoms with Crippen LogP contribution in [0.2, 0.25) is 0 Å². The molecule has 0 radical (unpaired) electrons. The number of carboxylic acid groups (broad SMARTS) is 1. The SMILES string of the molecule is CC1(NC2=CC=CC(C)(C(F)(F)F)C2)N=CC=CC1C(=O)O. The molecule has 1 heterocycles. The summed E-state index contributed by atoms with van der Waals surface area (Å²) in [6.07, 6.45) is 3.71. The van der Waals surface area contributed by atoms with Crippen LogP contribution in [0.3, 0.4) is 0 Å². The fourth-order valence-electron chi connectivity index (χ4n) is 2.55. The maximum atomic E-state index is 13.1. The van der Waals surface area contributed by atoms with Crippen molar-refractivity contribution in [3.05, 3.63) is 36.1 Å². The van der Waals surface area contributed by atoms with E-state index in [-0.39, 0.29) is 6.42 Å². The number of aliphatic imine (C=N–C) groups is 1. The van der Waals surface area contributed by atoms with Crippen molar-refractivity contribution in [2.24, 2.45) is 16.3 Å². The summed E-state index contributed by atoms with van der Waals surface area (Å²) in [7, 11) is 0. The van der Waals surface area contributed by atoms with E-state index in [0.29, 0.717) is 5.70 Å². The van der Waals surface area contributed by atoms with Crippen molar-refractivity contribution in [1.29, 1.82) is 0 Å². The van der Waals surface area contributed by atoms with Crippen LogP contribution >= 0.6 is 0 Å². The van der Waals surface area contributed by atoms with Crippen molar-refractivity contribution in [2.75, 3.05) is 0 Å². The van der Waals surface area contributed by atoms with Crippen molar-refractivity contribution >= 4 is 12.2 Å². The number of alkyl halides is 3. The Labute approximate surface area is 126 Å². The van der Waals surface area contributed by atoms with Gasteiger partial charge in [0.2, 0.25) is 0 Å². The molecule has 2 aliphatic rings. The van der Waals surface area contributed by atoms with Crippen molar-refractivity contribution in [3.8, 4) is 0 Å². The van der Waals surface area contributed by atoms with Crippen molar-refractivity contribution in [1.82, 2.24) is 5.32 Å². The van der Waals surface area contributed by atoms with Gasteiger partial charge in [-0.1, -0.05) is 18.2 Å². The summed E-state index contributed by atoms with van der Waals surface area (Å²) in [6.45, 7) is 2.66. The fourth-order valence-corrected chi connectivity index (χ4v) is 2.55. The second-order valence-electron chi connectivity index (χ2n) is 5.89. The number of halogens is 3. The van der Waals surface area contributed by atoms with Gasteiger partial charge in [-0.05, 0) is 26.0 Å². The van der Waals surface area contributed by atoms with Crippen LogP contribution in [0.5, 0.6) is 0 Å². The second kappa shape index (κ2) is 5.30. The first-order chi connectivity index (χ1) is 10.1. The molecule has 22 heavy (non-hydrogen) atoms. The molecule has 2 rings (SSSR count). The zero-order valence-electron chi connectivity index (χ0n) is 12.2. The van der Waals surface area contributed by atoms with E-state index in [1.165, 1.54) is 30.5 Å². The molecule has 2 N–H and O–H groups in total. The minimum absolute atomic E-state index is 0.284. The minimum atomic E-state index is -4.38. The number of rotatable bonds is 3. The first-order valence-corrected chi connectivity index (χ1v) is 6.75. The number of hydrogen-bond donors (Lipinski definition) is 2. The third kappa shape index (κ3) is 2.93. The quantitative estimate of drug-likeness (QED) is 0.841. The first-order valence-electron chi connectivity index (χ1n) is 6.75. The molecule has 120 valence electrons. The predicted molar refractivity (Wildman–Crippen MR) is 76.3 cm³/mol. The van der Waals surface area contributed by atoms with Gasteiger partial charge in [-0.25, -0.2) is 0 Å². The normalized spacial score (nSPS) is 34.4. The van der Waals surface area contributed by atoms with E-state index < -0.39 is 29.1 Å². The van der Waals surface area contributed by atoms with Gasteiger partial charge in [0.05, 0.1) is 5.41 Å². The Bertz CT molecular complexity index is 592. The van der Waals surface area contributed by atoms with Crippen molar-refractivity contribution in [3.63, 3.8) is 0 Å². The lowest BCUT2D eigenvalue weighted by Gasteiger charge is -2.38. The monoisotopic (exact) mass is 314 g/mol. The number of nitrogens with zero attached hydrogens (tertiary/aromatic N) is 1. The Kier molecular flexibility index (Phi) is 3.93. The Morgan fingerprint density at radius 1 is 1.41 bits per heavy atom. The number of allylic oxidation sites excluding steroid dienone is 5. The van der Waals surface area contributed by atoms with Gasteiger partial charge in [-0.15, -0.1) is 0 Å². The Hall–Kier alpha value is -2.05. The number of carbonyl (C=O) groups is 1. The molecule has 1 aliphatic carbocycles. The lowest BCUT2D eigenvalue weighted by Crippen LogP contribution is -2.51. The molecule has 0 saturated carbocycles. The number of hydrogen-bond acceptors (Lipinski definition) is 3. The molecule has 3 unspecified atom stereocenters. The number of nitrogens with one attached hydrogen (secondary N) is 1. The maximum Gasteiger partial charge on any atom is 0.397 e. The summed E-state index contributed by atoms with van der Waals surface area (Å²) in [4.78, 5) is 15.4. The number of aliphatic carboxylic acids is 1. The Morgan fingerprint density at radius 2 is 2.09 bits per heavy atom. The summed E-state index contributed by atoms with van der Waals surface area (Å²) < 4.78 is 39.4. The zero-order valence-corrected chi connectivity index (χ0v) is 12.2. The fraction of sp³-hybridized carbons (Fsp3) is 0.467. The summed E-state index contributed by atoms with van der Waals surface area (Å²) in [6, 6.07) is 0. The molecule has 0 amide bonds. The highest BCUT2D eigenvalue weighted by molar-refractivity contribution is 5.80. The van der Waals surface area contributed by atoms with Gasteiger partial charge in [0.15, 0.2) is 0 Å². The molecule has 0 spiro atoms. The predicted octanol–water partition coefficient (Wildman–Crippen LogP) is 3.05. The standard InChI is InChI=1S/C15H17F3N2O2/c1-13(15(16,17)18)7-3-5-10(9-13)20-14(2)11(12(21)22)6-4-8-19-14/h3-8,11,20H,9H2,1-2H3,(H,21,22). The lowest BCUT2D eigenvalue weighted by molar-refractivity contribution is -0.200. The van der Waals surface area contributed by atoms with Gasteiger partial charge in [0, 0.05) is 18.3 Å². The highest BCUT2D eigenvalue weighted by atomic mass is 19.4. The van der Waals surface area contributed by atoms with Gasteiger partial charge in [0.1, 0.15) is 11.6 Å². The van der Waals surface area contributed by atoms with Gasteiger partial charge < -0.3 is 10.4 Å². The van der Waals surface area contributed by atoms with Crippen LogP contribution in [0, 0.1) is 11.3 Å². The van der Waals surface area contributed by atoms with Gasteiger partial charge >= 0.3 is 12.1 Å². The van der Waals surface area contributed by atoms with Gasteiger partial charge in [-0.2, -0.15) is 13.2 Å². The molecular formula is C15H17F3N2O2. The molecule has 3 atom stereocenters. The highest BCUT2D eigenvalue weighted by Crippen LogP contribution is 2.45. The molecule has 1 aliphatic heterocycles. The first kappa shape index (κ1) is 16.3. The second-order valence-corrected chi connectivity index (χ2v) is 5.89. The van der Waals surface area contributed by atoms with Crippen molar-refractivity contribution < 1.29 is 23.1 Å². The average molecular weight is 314 g/mol. The third-order valence-corrected chi connectivity index (χ3v) is 3.98. The smallest absolute Gasteiger partial charge is 0.397 e. The van der Waals surface area contributed by atoms with Crippen LogP contribution in [0.1, 0.15) is 20.3 Å². The summed E-state index contributed by atoms with van der Waals surface area (Å²) >= 11 is 0. The summed E-state index contributed by atoms with van der Waals surface area (Å²) in [5.74, 6) is -2.05. The molecule has 0 aromatic heterocycles. The lowest BCUT2D eigenvalue weighted by atomic mass is 9.80. The van der Waals surface area contributed by atoms with Crippen LogP contribution in [0.4, 0.5) is 13.2 Å². The van der Waals surface area contributed by atoms with Crippen LogP contribution < -0.4 is 5.32 Å². The molecule has 0 saturated heterocycles. The maximum absolute atomic E-state index is 13.1. The third-order valence-electron chi connectivity index (χ3n) is 3.98. The Morgan fingerprint density at radius 3 is 2.68 bits per heavy atom. The van der Waals surface area contributed by atoms with E-state index >= 15 is 0 Å². The van der Waals surface area contributed by atoms with Crippen molar-refractivity contribution in [2.45, 2.75) is 32.1 Å². The van der Waals surface area contributed by atoms with E-state index in [2.05, 4.69) is 10.3 Å². The number of carboxylic acids is 1. The topological polar surface area (TPSA) is 61.7 Å². The van der Waals surface area contributed by atoms with Crippen LogP contribution in [-0.4, -0.2) is 29.1 Å². The largest absolute Gasteiger partial charge is 0.481 e. The van der Waals surface area contributed by atoms with E-state index in [0.717, 1.165) is 13.0 Å². The summed E-state index contributed by atoms with van der Waals surface area (Å²) in [5.41, 5.74) is -2.89. The Balaban J connectivity index is 2.22. The van der Waals surface area contributed by atoms with E-state index in [1.54, 1.807) is 6.92 Å². The van der Waals surface area contributed by atoms with Crippen LogP contribution in [-0.2, 0) is 4.79 Å². The molecule has 7 heteroatoms. The number of dihydropyridines is 1. The molecule has 4 nitrogen and oxygen atoms in total. The van der Waals surface area contributed by atoms with Crippen LogP contribution in [0.15, 0.2) is 41.1 Å². The summed E-state index contributed by atoms with van der Waals surface area (Å²) in [5, 5.41) is 12.1. The molecule has 0 aromatic carbocycles. The van der Waals surface area contributed by atoms with E-state index in [9.17, 15) is 23.1 Å². The zero-order chi connectivity index (χ0) is 16.6. The van der Waals surface area contributed by atoms with Crippen LogP contribution in [0.25, 0.3) is 0 Å². The molecule has 0 fully saturated rings. The minimum Gasteiger partial charge on any atom is -0.481 e. The van der Waals surface area contributed by atoms with Gasteiger partial charge in [-0.3, -0.25) is 9.79 Å².